The SMILES string of the molecule is C=CCC(NC(=O)N(C)CC(N)=O)C(=O)O. The molecular weight excluding hydrogens is 214 g/mol. The third-order valence-electron chi connectivity index (χ3n) is 1.74. The standard InChI is InChI=1S/C9H15N3O4/c1-3-4-6(8(14)15)11-9(16)12(2)5-7(10)13/h3,6H,1,4-5H2,2H3,(H2,10,13)(H,11,16)(H,14,15). The van der Waals surface area contributed by atoms with Gasteiger partial charge in [0.1, 0.15) is 12.6 Å². The fourth-order valence-corrected chi connectivity index (χ4v) is 0.953. The van der Waals surface area contributed by atoms with Crippen LogP contribution in [0.5, 0.6) is 0 Å². The smallest absolute Gasteiger partial charge is 0.326 e. The third-order valence-corrected chi connectivity index (χ3v) is 1.74. The van der Waals surface area contributed by atoms with E-state index in [4.69, 9.17) is 10.8 Å². The summed E-state index contributed by atoms with van der Waals surface area (Å²) in [4.78, 5) is 33.6. The molecule has 1 unspecified atom stereocenters. The van der Waals surface area contributed by atoms with Gasteiger partial charge in [-0.1, -0.05) is 6.08 Å². The molecule has 7 nitrogen and oxygen atoms in total. The predicted molar refractivity (Wildman–Crippen MR) is 56.6 cm³/mol. The molecule has 0 heterocycles. The average molecular weight is 229 g/mol. The second-order valence-electron chi connectivity index (χ2n) is 3.19. The lowest BCUT2D eigenvalue weighted by molar-refractivity contribution is -0.139. The number of nitrogens with zero attached hydrogens (tertiary/aromatic N) is 1. The number of hydrogen-bond donors (Lipinski definition) is 3. The maximum Gasteiger partial charge on any atom is 0.326 e. The van der Waals surface area contributed by atoms with Crippen molar-refractivity contribution in [1.29, 1.82) is 0 Å². The van der Waals surface area contributed by atoms with Gasteiger partial charge in [0, 0.05) is 7.05 Å². The van der Waals surface area contributed by atoms with Crippen molar-refractivity contribution in [3.05, 3.63) is 12.7 Å². The van der Waals surface area contributed by atoms with Crippen LogP contribution in [-0.4, -0.2) is 47.5 Å². The number of carbonyl (C=O) groups is 3. The average Bonchev–Trinajstić information content (AvgIpc) is 2.15. The highest BCUT2D eigenvalue weighted by Gasteiger charge is 2.20. The van der Waals surface area contributed by atoms with Crippen LogP contribution in [0, 0.1) is 0 Å². The van der Waals surface area contributed by atoms with E-state index in [1.165, 1.54) is 13.1 Å². The number of urea groups is 1. The molecule has 0 fully saturated rings. The minimum atomic E-state index is -1.17. The van der Waals surface area contributed by atoms with Gasteiger partial charge in [-0.25, -0.2) is 9.59 Å². The van der Waals surface area contributed by atoms with E-state index in [1.54, 1.807) is 0 Å². The largest absolute Gasteiger partial charge is 0.480 e. The molecule has 7 heteroatoms. The molecule has 0 aliphatic heterocycles. The van der Waals surface area contributed by atoms with Crippen LogP contribution in [0.2, 0.25) is 0 Å². The van der Waals surface area contributed by atoms with E-state index in [2.05, 4.69) is 11.9 Å². The van der Waals surface area contributed by atoms with E-state index in [0.717, 1.165) is 4.90 Å². The van der Waals surface area contributed by atoms with Gasteiger partial charge in [0.15, 0.2) is 0 Å². The van der Waals surface area contributed by atoms with Crippen molar-refractivity contribution < 1.29 is 19.5 Å². The van der Waals surface area contributed by atoms with Crippen LogP contribution in [0.1, 0.15) is 6.42 Å². The van der Waals surface area contributed by atoms with Gasteiger partial charge in [-0.15, -0.1) is 6.58 Å². The van der Waals surface area contributed by atoms with Gasteiger partial charge in [-0.05, 0) is 6.42 Å². The molecule has 0 spiro atoms. The highest BCUT2D eigenvalue weighted by molar-refractivity contribution is 5.85. The van der Waals surface area contributed by atoms with Crippen molar-refractivity contribution in [2.24, 2.45) is 5.73 Å². The summed E-state index contributed by atoms with van der Waals surface area (Å²) in [7, 11) is 1.34. The minimum absolute atomic E-state index is 0.103. The normalized spacial score (nSPS) is 11.3. The van der Waals surface area contributed by atoms with Crippen molar-refractivity contribution in [3.8, 4) is 0 Å². The molecule has 0 rings (SSSR count). The summed E-state index contributed by atoms with van der Waals surface area (Å²) in [6, 6.07) is -1.73. The molecule has 16 heavy (non-hydrogen) atoms. The summed E-state index contributed by atoms with van der Waals surface area (Å²) in [6.07, 6.45) is 1.48. The van der Waals surface area contributed by atoms with Gasteiger partial charge in [0.05, 0.1) is 0 Å². The predicted octanol–water partition coefficient (Wildman–Crippen LogP) is -0.858. The van der Waals surface area contributed by atoms with E-state index in [9.17, 15) is 14.4 Å². The molecule has 90 valence electrons. The molecule has 0 saturated heterocycles. The first-order valence-corrected chi connectivity index (χ1v) is 4.52. The number of likely N-dealkylation sites (N-methyl/N-ethyl adjacent to an activating group) is 1. The summed E-state index contributed by atoms with van der Waals surface area (Å²) in [5.41, 5.74) is 4.89. The lowest BCUT2D eigenvalue weighted by atomic mass is 10.2. The summed E-state index contributed by atoms with van der Waals surface area (Å²) in [5, 5.41) is 11.0. The highest BCUT2D eigenvalue weighted by atomic mass is 16.4. The zero-order valence-corrected chi connectivity index (χ0v) is 8.97. The monoisotopic (exact) mass is 229 g/mol. The van der Waals surface area contributed by atoms with E-state index >= 15 is 0 Å². The molecule has 1 atom stereocenters. The number of hydrogen-bond acceptors (Lipinski definition) is 3. The van der Waals surface area contributed by atoms with E-state index in [0.29, 0.717) is 0 Å². The van der Waals surface area contributed by atoms with Gasteiger partial charge in [-0.3, -0.25) is 4.79 Å². The maximum absolute atomic E-state index is 11.4. The molecule has 0 radical (unpaired) electrons. The molecule has 0 aromatic heterocycles. The molecule has 0 bridgehead atoms. The number of aliphatic carboxylic acids is 1. The molecule has 0 aromatic rings. The Hall–Kier alpha value is -2.05. The lowest BCUT2D eigenvalue weighted by Gasteiger charge is -2.19. The molecule has 0 aliphatic carbocycles. The zero-order valence-electron chi connectivity index (χ0n) is 8.97. The van der Waals surface area contributed by atoms with Crippen molar-refractivity contribution >= 4 is 17.9 Å². The van der Waals surface area contributed by atoms with Crippen molar-refractivity contribution in [2.75, 3.05) is 13.6 Å². The minimum Gasteiger partial charge on any atom is -0.480 e. The molecule has 4 N–H and O–H groups in total. The van der Waals surface area contributed by atoms with Crippen LogP contribution < -0.4 is 11.1 Å². The fourth-order valence-electron chi connectivity index (χ4n) is 0.953. The van der Waals surface area contributed by atoms with Crippen LogP contribution in [0.15, 0.2) is 12.7 Å². The number of nitrogens with two attached hydrogens (primary N) is 1. The van der Waals surface area contributed by atoms with E-state index in [-0.39, 0.29) is 13.0 Å². The Bertz CT molecular complexity index is 303. The highest BCUT2D eigenvalue weighted by Crippen LogP contribution is 1.95. The van der Waals surface area contributed by atoms with Gasteiger partial charge >= 0.3 is 12.0 Å². The molecule has 0 aromatic carbocycles. The molecular formula is C9H15N3O4. The van der Waals surface area contributed by atoms with Crippen LogP contribution in [0.3, 0.4) is 0 Å². The number of rotatable bonds is 6. The topological polar surface area (TPSA) is 113 Å². The second-order valence-corrected chi connectivity index (χ2v) is 3.19. The Kier molecular flexibility index (Phi) is 5.61. The summed E-state index contributed by atoms with van der Waals surface area (Å²) >= 11 is 0. The second kappa shape index (κ2) is 6.44. The van der Waals surface area contributed by atoms with Gasteiger partial charge in [0.2, 0.25) is 5.91 Å². The Labute approximate surface area is 92.9 Å². The fraction of sp³-hybridized carbons (Fsp3) is 0.444. The number of carboxylic acids is 1. The van der Waals surface area contributed by atoms with E-state index < -0.39 is 23.9 Å². The van der Waals surface area contributed by atoms with Crippen molar-refractivity contribution in [1.82, 2.24) is 10.2 Å². The summed E-state index contributed by atoms with van der Waals surface area (Å²) < 4.78 is 0. The maximum atomic E-state index is 11.4. The Balaban J connectivity index is 4.33. The Morgan fingerprint density at radius 1 is 1.56 bits per heavy atom. The number of carboxylic acid groups (broad SMARTS) is 1. The quantitative estimate of drug-likeness (QED) is 0.514. The first-order chi connectivity index (χ1) is 7.38. The van der Waals surface area contributed by atoms with Gasteiger partial charge in [-0.2, -0.15) is 0 Å². The number of nitrogens with one attached hydrogen (secondary N) is 1. The first kappa shape index (κ1) is 13.9. The number of amides is 3. The van der Waals surface area contributed by atoms with Crippen LogP contribution in [0.4, 0.5) is 4.79 Å². The van der Waals surface area contributed by atoms with Crippen LogP contribution in [-0.2, 0) is 9.59 Å². The Morgan fingerprint density at radius 2 is 2.12 bits per heavy atom. The lowest BCUT2D eigenvalue weighted by Crippen LogP contribution is -2.48. The number of primary amides is 1. The van der Waals surface area contributed by atoms with Crippen LogP contribution in [0.25, 0.3) is 0 Å². The van der Waals surface area contributed by atoms with E-state index in [1.807, 2.05) is 0 Å². The van der Waals surface area contributed by atoms with Gasteiger partial charge in [0.25, 0.3) is 0 Å². The molecule has 0 saturated carbocycles. The Morgan fingerprint density at radius 3 is 2.50 bits per heavy atom. The number of carbonyl (C=O) groups excluding carboxylic acids is 2. The van der Waals surface area contributed by atoms with Gasteiger partial charge < -0.3 is 21.1 Å². The first-order valence-electron chi connectivity index (χ1n) is 4.52. The molecule has 3 amide bonds. The van der Waals surface area contributed by atoms with Crippen molar-refractivity contribution in [2.45, 2.75) is 12.5 Å². The zero-order chi connectivity index (χ0) is 12.7. The summed E-state index contributed by atoms with van der Waals surface area (Å²) in [6.45, 7) is 3.11. The van der Waals surface area contributed by atoms with Crippen LogP contribution >= 0.6 is 0 Å². The summed E-state index contributed by atoms with van der Waals surface area (Å²) in [5.74, 6) is -1.84. The van der Waals surface area contributed by atoms with Crippen molar-refractivity contribution in [3.63, 3.8) is 0 Å². The molecule has 0 aliphatic rings. The third kappa shape index (κ3) is 4.99.